The molecule has 0 radical (unpaired) electrons. The Morgan fingerprint density at radius 1 is 1.00 bits per heavy atom. The molecule has 0 aliphatic heterocycles. The molecule has 0 saturated carbocycles. The molecule has 0 bridgehead atoms. The second-order valence-corrected chi connectivity index (χ2v) is 4.84. The normalized spacial score (nSPS) is 11.8. The van der Waals surface area contributed by atoms with Gasteiger partial charge in [0, 0.05) is 11.8 Å². The zero-order chi connectivity index (χ0) is 15.1. The highest BCUT2D eigenvalue weighted by Gasteiger charge is 2.09. The first kappa shape index (κ1) is 15.2. The highest BCUT2D eigenvalue weighted by molar-refractivity contribution is 5.50. The van der Waals surface area contributed by atoms with Gasteiger partial charge >= 0.3 is 0 Å². The van der Waals surface area contributed by atoms with E-state index in [9.17, 15) is 0 Å². The fraction of sp³-hybridized carbons (Fsp3) is 0.333. The summed E-state index contributed by atoms with van der Waals surface area (Å²) in [7, 11) is 1.68. The summed E-state index contributed by atoms with van der Waals surface area (Å²) >= 11 is 0. The van der Waals surface area contributed by atoms with E-state index in [1.54, 1.807) is 7.11 Å². The van der Waals surface area contributed by atoms with Crippen molar-refractivity contribution in [1.29, 1.82) is 0 Å². The third-order valence-electron chi connectivity index (χ3n) is 3.41. The van der Waals surface area contributed by atoms with Crippen molar-refractivity contribution in [3.8, 4) is 11.5 Å². The second kappa shape index (κ2) is 7.58. The molecule has 0 amide bonds. The SMILES string of the molecule is CCOc1cccc(NC(CC)c2ccc(OC)cc2)c1. The highest BCUT2D eigenvalue weighted by Crippen LogP contribution is 2.26. The third-order valence-corrected chi connectivity index (χ3v) is 3.41. The topological polar surface area (TPSA) is 30.5 Å². The van der Waals surface area contributed by atoms with Gasteiger partial charge in [0.25, 0.3) is 0 Å². The summed E-state index contributed by atoms with van der Waals surface area (Å²) in [6, 6.07) is 16.6. The highest BCUT2D eigenvalue weighted by atomic mass is 16.5. The van der Waals surface area contributed by atoms with Crippen LogP contribution in [0.5, 0.6) is 11.5 Å². The maximum Gasteiger partial charge on any atom is 0.121 e. The first-order chi connectivity index (χ1) is 10.3. The van der Waals surface area contributed by atoms with E-state index < -0.39 is 0 Å². The van der Waals surface area contributed by atoms with Crippen molar-refractivity contribution in [1.82, 2.24) is 0 Å². The molecular formula is C18H23NO2. The third kappa shape index (κ3) is 4.15. The van der Waals surface area contributed by atoms with Gasteiger partial charge in [0.2, 0.25) is 0 Å². The largest absolute Gasteiger partial charge is 0.497 e. The Kier molecular flexibility index (Phi) is 5.50. The van der Waals surface area contributed by atoms with Gasteiger partial charge in [-0.15, -0.1) is 0 Å². The molecule has 0 fully saturated rings. The summed E-state index contributed by atoms with van der Waals surface area (Å²) in [5, 5.41) is 3.56. The molecule has 1 N–H and O–H groups in total. The van der Waals surface area contributed by atoms with Crippen molar-refractivity contribution in [2.24, 2.45) is 0 Å². The first-order valence-corrected chi connectivity index (χ1v) is 7.40. The smallest absolute Gasteiger partial charge is 0.121 e. The van der Waals surface area contributed by atoms with Gasteiger partial charge in [-0.05, 0) is 43.2 Å². The molecule has 1 unspecified atom stereocenters. The van der Waals surface area contributed by atoms with Gasteiger partial charge in [0.05, 0.1) is 19.8 Å². The number of hydrogen-bond acceptors (Lipinski definition) is 3. The molecule has 112 valence electrons. The first-order valence-electron chi connectivity index (χ1n) is 7.40. The Balaban J connectivity index is 2.12. The van der Waals surface area contributed by atoms with Crippen LogP contribution in [-0.4, -0.2) is 13.7 Å². The van der Waals surface area contributed by atoms with Gasteiger partial charge in [-0.25, -0.2) is 0 Å². The molecule has 2 aromatic rings. The van der Waals surface area contributed by atoms with Crippen LogP contribution in [0.4, 0.5) is 5.69 Å². The summed E-state index contributed by atoms with van der Waals surface area (Å²) in [6.07, 6.45) is 1.01. The number of ether oxygens (including phenoxy) is 2. The Bertz CT molecular complexity index is 551. The molecule has 0 aliphatic rings. The molecule has 0 saturated heterocycles. The number of benzene rings is 2. The van der Waals surface area contributed by atoms with Crippen LogP contribution in [0.3, 0.4) is 0 Å². The fourth-order valence-corrected chi connectivity index (χ4v) is 2.30. The van der Waals surface area contributed by atoms with Crippen LogP contribution < -0.4 is 14.8 Å². The molecule has 0 spiro atoms. The Hall–Kier alpha value is -2.16. The van der Waals surface area contributed by atoms with Crippen LogP contribution in [0.2, 0.25) is 0 Å². The van der Waals surface area contributed by atoms with Gasteiger partial charge in [-0.2, -0.15) is 0 Å². The van der Waals surface area contributed by atoms with E-state index in [0.29, 0.717) is 6.61 Å². The summed E-state index contributed by atoms with van der Waals surface area (Å²) in [4.78, 5) is 0. The number of anilines is 1. The lowest BCUT2D eigenvalue weighted by Crippen LogP contribution is -2.09. The predicted molar refractivity (Wildman–Crippen MR) is 87.3 cm³/mol. The van der Waals surface area contributed by atoms with Crippen molar-refractivity contribution >= 4 is 5.69 Å². The summed E-state index contributed by atoms with van der Waals surface area (Å²) in [5.41, 5.74) is 2.32. The van der Waals surface area contributed by atoms with Crippen molar-refractivity contribution in [2.75, 3.05) is 19.0 Å². The molecule has 2 aromatic carbocycles. The molecule has 0 aliphatic carbocycles. The maximum absolute atomic E-state index is 5.54. The lowest BCUT2D eigenvalue weighted by molar-refractivity contribution is 0.340. The van der Waals surface area contributed by atoms with Gasteiger partial charge < -0.3 is 14.8 Å². The van der Waals surface area contributed by atoms with Crippen LogP contribution in [0, 0.1) is 0 Å². The Labute approximate surface area is 126 Å². The maximum atomic E-state index is 5.54. The Morgan fingerprint density at radius 3 is 2.38 bits per heavy atom. The van der Waals surface area contributed by atoms with Gasteiger partial charge in [0.1, 0.15) is 11.5 Å². The average molecular weight is 285 g/mol. The number of nitrogens with one attached hydrogen (secondary N) is 1. The minimum atomic E-state index is 0.271. The van der Waals surface area contributed by atoms with Crippen molar-refractivity contribution in [3.05, 3.63) is 54.1 Å². The molecule has 1 atom stereocenters. The molecule has 21 heavy (non-hydrogen) atoms. The van der Waals surface area contributed by atoms with E-state index in [4.69, 9.17) is 9.47 Å². The minimum Gasteiger partial charge on any atom is -0.497 e. The minimum absolute atomic E-state index is 0.271. The van der Waals surface area contributed by atoms with E-state index in [1.807, 2.05) is 37.3 Å². The number of methoxy groups -OCH3 is 1. The summed E-state index contributed by atoms with van der Waals surface area (Å²) < 4.78 is 10.7. The summed E-state index contributed by atoms with van der Waals surface area (Å²) in [6.45, 7) is 4.85. The second-order valence-electron chi connectivity index (χ2n) is 4.84. The predicted octanol–water partition coefficient (Wildman–Crippen LogP) is 4.66. The van der Waals surface area contributed by atoms with Gasteiger partial charge in [-0.1, -0.05) is 25.1 Å². The molecule has 0 heterocycles. The monoisotopic (exact) mass is 285 g/mol. The van der Waals surface area contributed by atoms with Gasteiger partial charge in [0.15, 0.2) is 0 Å². The van der Waals surface area contributed by atoms with E-state index in [0.717, 1.165) is 23.6 Å². The molecule has 0 aromatic heterocycles. The van der Waals surface area contributed by atoms with Crippen molar-refractivity contribution in [2.45, 2.75) is 26.3 Å². The van der Waals surface area contributed by atoms with E-state index >= 15 is 0 Å². The van der Waals surface area contributed by atoms with Crippen LogP contribution >= 0.6 is 0 Å². The fourth-order valence-electron chi connectivity index (χ4n) is 2.30. The van der Waals surface area contributed by atoms with Crippen LogP contribution in [0.25, 0.3) is 0 Å². The Morgan fingerprint density at radius 2 is 1.76 bits per heavy atom. The molecular weight excluding hydrogens is 262 g/mol. The lowest BCUT2D eigenvalue weighted by Gasteiger charge is -2.19. The zero-order valence-corrected chi connectivity index (χ0v) is 12.9. The quantitative estimate of drug-likeness (QED) is 0.802. The van der Waals surface area contributed by atoms with Crippen molar-refractivity contribution in [3.63, 3.8) is 0 Å². The average Bonchev–Trinajstić information content (AvgIpc) is 2.53. The number of rotatable bonds is 7. The zero-order valence-electron chi connectivity index (χ0n) is 12.9. The van der Waals surface area contributed by atoms with E-state index in [2.05, 4.69) is 30.4 Å². The van der Waals surface area contributed by atoms with Crippen LogP contribution in [0.1, 0.15) is 31.9 Å². The molecule has 3 nitrogen and oxygen atoms in total. The van der Waals surface area contributed by atoms with Crippen molar-refractivity contribution < 1.29 is 9.47 Å². The van der Waals surface area contributed by atoms with E-state index in [-0.39, 0.29) is 6.04 Å². The summed E-state index contributed by atoms with van der Waals surface area (Å²) in [5.74, 6) is 1.78. The number of hydrogen-bond donors (Lipinski definition) is 1. The molecule has 2 rings (SSSR count). The standard InChI is InChI=1S/C18H23NO2/c1-4-18(14-9-11-16(20-3)12-10-14)19-15-7-6-8-17(13-15)21-5-2/h6-13,18-19H,4-5H2,1-3H3. The van der Waals surface area contributed by atoms with Gasteiger partial charge in [-0.3, -0.25) is 0 Å². The van der Waals surface area contributed by atoms with Crippen LogP contribution in [0.15, 0.2) is 48.5 Å². The van der Waals surface area contributed by atoms with Crippen LogP contribution in [-0.2, 0) is 0 Å². The lowest BCUT2D eigenvalue weighted by atomic mass is 10.0. The molecule has 3 heteroatoms. The van der Waals surface area contributed by atoms with E-state index in [1.165, 1.54) is 5.56 Å².